The molecule has 5 nitrogen and oxygen atoms in total. The number of para-hydroxylation sites is 1. The van der Waals surface area contributed by atoms with Crippen molar-refractivity contribution in [1.82, 2.24) is 15.2 Å². The SMILES string of the molecule is CCNC(=NCCCc1nc(C)cs1)N1CCN(c2ccccc2)CC1.I. The summed E-state index contributed by atoms with van der Waals surface area (Å²) in [6.07, 6.45) is 2.06. The van der Waals surface area contributed by atoms with Gasteiger partial charge in [-0.2, -0.15) is 0 Å². The minimum Gasteiger partial charge on any atom is -0.368 e. The zero-order chi connectivity index (χ0) is 18.2. The first kappa shape index (κ1) is 21.9. The highest BCUT2D eigenvalue weighted by molar-refractivity contribution is 14.0. The molecule has 0 spiro atoms. The molecule has 1 aromatic carbocycles. The van der Waals surface area contributed by atoms with Gasteiger partial charge in [-0.15, -0.1) is 35.3 Å². The number of benzene rings is 1. The Bertz CT molecular complexity index is 695. The summed E-state index contributed by atoms with van der Waals surface area (Å²) < 4.78 is 0. The molecule has 1 aliphatic heterocycles. The van der Waals surface area contributed by atoms with Gasteiger partial charge < -0.3 is 15.1 Å². The number of rotatable bonds is 6. The number of aromatic nitrogens is 1. The molecule has 2 heterocycles. The predicted molar refractivity (Wildman–Crippen MR) is 127 cm³/mol. The van der Waals surface area contributed by atoms with Crippen LogP contribution < -0.4 is 10.2 Å². The van der Waals surface area contributed by atoms with Crippen LogP contribution >= 0.6 is 35.3 Å². The maximum Gasteiger partial charge on any atom is 0.194 e. The Labute approximate surface area is 183 Å². The van der Waals surface area contributed by atoms with Gasteiger partial charge in [-0.25, -0.2) is 4.98 Å². The second-order valence-corrected chi connectivity index (χ2v) is 7.47. The van der Waals surface area contributed by atoms with Crippen LogP contribution in [-0.4, -0.2) is 55.1 Å². The molecule has 27 heavy (non-hydrogen) atoms. The summed E-state index contributed by atoms with van der Waals surface area (Å²) in [5.74, 6) is 1.05. The van der Waals surface area contributed by atoms with Crippen molar-refractivity contribution in [1.29, 1.82) is 0 Å². The molecule has 7 heteroatoms. The van der Waals surface area contributed by atoms with Crippen LogP contribution in [0.2, 0.25) is 0 Å². The number of guanidine groups is 1. The monoisotopic (exact) mass is 499 g/mol. The van der Waals surface area contributed by atoms with Crippen molar-refractivity contribution in [3.63, 3.8) is 0 Å². The summed E-state index contributed by atoms with van der Waals surface area (Å²) in [6.45, 7) is 10.0. The molecule has 0 radical (unpaired) electrons. The Morgan fingerprint density at radius 3 is 2.56 bits per heavy atom. The molecule has 1 aliphatic rings. The first-order chi connectivity index (χ1) is 12.8. The fourth-order valence-corrected chi connectivity index (χ4v) is 3.99. The highest BCUT2D eigenvalue weighted by Crippen LogP contribution is 2.15. The van der Waals surface area contributed by atoms with Gasteiger partial charge in [0.15, 0.2) is 5.96 Å². The number of thiazole rings is 1. The van der Waals surface area contributed by atoms with E-state index in [0.717, 1.165) is 63.8 Å². The smallest absolute Gasteiger partial charge is 0.194 e. The molecule has 0 atom stereocenters. The van der Waals surface area contributed by atoms with Crippen LogP contribution in [0.25, 0.3) is 0 Å². The zero-order valence-electron chi connectivity index (χ0n) is 16.2. The molecule has 2 aromatic rings. The van der Waals surface area contributed by atoms with Crippen LogP contribution in [0.15, 0.2) is 40.7 Å². The number of aliphatic imine (C=N–C) groups is 1. The van der Waals surface area contributed by atoms with E-state index in [4.69, 9.17) is 4.99 Å². The second kappa shape index (κ2) is 11.5. The minimum absolute atomic E-state index is 0. The van der Waals surface area contributed by atoms with E-state index in [0.29, 0.717) is 0 Å². The maximum absolute atomic E-state index is 4.85. The van der Waals surface area contributed by atoms with Crippen molar-refractivity contribution >= 4 is 47.0 Å². The standard InChI is InChI=1S/C20H29N5S.HI/c1-3-21-20(22-11-7-10-19-23-17(2)16-26-19)25-14-12-24(13-15-25)18-8-5-4-6-9-18;/h4-6,8-9,16H,3,7,10-15H2,1-2H3,(H,21,22);1H. The lowest BCUT2D eigenvalue weighted by atomic mass is 10.2. The molecule has 0 bridgehead atoms. The number of nitrogens with one attached hydrogen (secondary N) is 1. The quantitative estimate of drug-likeness (QED) is 0.284. The number of hydrogen-bond acceptors (Lipinski definition) is 4. The molecular weight excluding hydrogens is 469 g/mol. The zero-order valence-corrected chi connectivity index (χ0v) is 19.4. The predicted octanol–water partition coefficient (Wildman–Crippen LogP) is 3.79. The maximum atomic E-state index is 4.85. The van der Waals surface area contributed by atoms with E-state index in [1.165, 1.54) is 10.7 Å². The molecule has 1 N–H and O–H groups in total. The molecule has 0 amide bonds. The van der Waals surface area contributed by atoms with Gasteiger partial charge in [0, 0.05) is 62.5 Å². The average molecular weight is 499 g/mol. The number of piperazine rings is 1. The minimum atomic E-state index is 0. The third kappa shape index (κ3) is 6.64. The number of halogens is 1. The highest BCUT2D eigenvalue weighted by Gasteiger charge is 2.19. The van der Waals surface area contributed by atoms with E-state index in [-0.39, 0.29) is 24.0 Å². The average Bonchev–Trinajstić information content (AvgIpc) is 3.10. The topological polar surface area (TPSA) is 43.8 Å². The second-order valence-electron chi connectivity index (χ2n) is 6.53. The molecule has 0 saturated carbocycles. The van der Waals surface area contributed by atoms with Crippen LogP contribution in [0.5, 0.6) is 0 Å². The van der Waals surface area contributed by atoms with Crippen molar-refractivity contribution in [2.75, 3.05) is 44.2 Å². The fraction of sp³-hybridized carbons (Fsp3) is 0.500. The molecule has 1 saturated heterocycles. The van der Waals surface area contributed by atoms with Gasteiger partial charge in [0.2, 0.25) is 0 Å². The number of anilines is 1. The number of hydrogen-bond donors (Lipinski definition) is 1. The van der Waals surface area contributed by atoms with Crippen LogP contribution in [0, 0.1) is 6.92 Å². The van der Waals surface area contributed by atoms with Crippen molar-refractivity contribution in [3.8, 4) is 0 Å². The van der Waals surface area contributed by atoms with Gasteiger partial charge in [0.05, 0.1) is 5.01 Å². The molecule has 1 aromatic heterocycles. The van der Waals surface area contributed by atoms with Crippen LogP contribution in [0.1, 0.15) is 24.0 Å². The third-order valence-electron chi connectivity index (χ3n) is 4.51. The van der Waals surface area contributed by atoms with Gasteiger partial charge in [-0.05, 0) is 32.4 Å². The Balaban J connectivity index is 0.00000261. The Morgan fingerprint density at radius 1 is 1.19 bits per heavy atom. The van der Waals surface area contributed by atoms with E-state index in [1.807, 2.05) is 0 Å². The van der Waals surface area contributed by atoms with Gasteiger partial charge in [-0.1, -0.05) is 18.2 Å². The molecule has 1 fully saturated rings. The van der Waals surface area contributed by atoms with Crippen molar-refractivity contribution in [2.24, 2.45) is 4.99 Å². The van der Waals surface area contributed by atoms with E-state index in [1.54, 1.807) is 11.3 Å². The molecule has 3 rings (SSSR count). The lowest BCUT2D eigenvalue weighted by Crippen LogP contribution is -2.52. The van der Waals surface area contributed by atoms with Crippen LogP contribution in [0.3, 0.4) is 0 Å². The van der Waals surface area contributed by atoms with E-state index in [9.17, 15) is 0 Å². The van der Waals surface area contributed by atoms with Crippen molar-refractivity contribution in [2.45, 2.75) is 26.7 Å². The summed E-state index contributed by atoms with van der Waals surface area (Å²) in [4.78, 5) is 14.2. The summed E-state index contributed by atoms with van der Waals surface area (Å²) in [5, 5.41) is 6.80. The molecule has 0 aliphatic carbocycles. The van der Waals surface area contributed by atoms with Gasteiger partial charge >= 0.3 is 0 Å². The normalized spacial score (nSPS) is 14.8. The largest absolute Gasteiger partial charge is 0.368 e. The van der Waals surface area contributed by atoms with Crippen LogP contribution in [0.4, 0.5) is 5.69 Å². The van der Waals surface area contributed by atoms with E-state index < -0.39 is 0 Å². The van der Waals surface area contributed by atoms with E-state index >= 15 is 0 Å². The van der Waals surface area contributed by atoms with Gasteiger partial charge in [0.25, 0.3) is 0 Å². The first-order valence-corrected chi connectivity index (χ1v) is 10.4. The van der Waals surface area contributed by atoms with Gasteiger partial charge in [0.1, 0.15) is 0 Å². The Morgan fingerprint density at radius 2 is 1.93 bits per heavy atom. The number of aryl methyl sites for hydroxylation is 2. The fourth-order valence-electron chi connectivity index (χ4n) is 3.17. The Kier molecular flexibility index (Phi) is 9.33. The number of nitrogens with zero attached hydrogens (tertiary/aromatic N) is 4. The Hall–Kier alpha value is -1.35. The summed E-state index contributed by atoms with van der Waals surface area (Å²) in [5.41, 5.74) is 2.44. The summed E-state index contributed by atoms with van der Waals surface area (Å²) in [6, 6.07) is 10.7. The lowest BCUT2D eigenvalue weighted by molar-refractivity contribution is 0.372. The van der Waals surface area contributed by atoms with E-state index in [2.05, 4.69) is 69.7 Å². The van der Waals surface area contributed by atoms with Crippen molar-refractivity contribution < 1.29 is 0 Å². The molecule has 0 unspecified atom stereocenters. The lowest BCUT2D eigenvalue weighted by Gasteiger charge is -2.37. The molecular formula is C20H30IN5S. The van der Waals surface area contributed by atoms with Gasteiger partial charge in [-0.3, -0.25) is 4.99 Å². The highest BCUT2D eigenvalue weighted by atomic mass is 127. The molecule has 148 valence electrons. The first-order valence-electron chi connectivity index (χ1n) is 9.50. The van der Waals surface area contributed by atoms with Crippen molar-refractivity contribution in [3.05, 3.63) is 46.4 Å². The van der Waals surface area contributed by atoms with Crippen LogP contribution in [-0.2, 0) is 6.42 Å². The third-order valence-corrected chi connectivity index (χ3v) is 5.54. The summed E-state index contributed by atoms with van der Waals surface area (Å²) in [7, 11) is 0. The summed E-state index contributed by atoms with van der Waals surface area (Å²) >= 11 is 1.75.